The van der Waals surface area contributed by atoms with Gasteiger partial charge in [-0.05, 0) is 18.2 Å². The van der Waals surface area contributed by atoms with Crippen LogP contribution < -0.4 is 0 Å². The maximum Gasteiger partial charge on any atom is 0.172 e. The van der Waals surface area contributed by atoms with Crippen LogP contribution in [0, 0.1) is 5.82 Å². The Morgan fingerprint density at radius 2 is 2.25 bits per heavy atom. The Kier molecular flexibility index (Phi) is 3.12. The molecule has 0 amide bonds. The number of Topliss-reactive ketones (excluding diaryl/α,β-unsaturated/α-hetero) is 1. The standard InChI is InChI=1S/C8H6ClFOS/c9-6-3-5(8(11)4-12)1-2-7(6)10/h1-3,12H,4H2. The van der Waals surface area contributed by atoms with Crippen LogP contribution >= 0.6 is 24.2 Å². The van der Waals surface area contributed by atoms with Gasteiger partial charge in [0.1, 0.15) is 5.82 Å². The van der Waals surface area contributed by atoms with Crippen molar-refractivity contribution in [2.24, 2.45) is 0 Å². The van der Waals surface area contributed by atoms with Crippen LogP contribution in [0.25, 0.3) is 0 Å². The van der Waals surface area contributed by atoms with E-state index in [1.807, 2.05) is 0 Å². The minimum absolute atomic E-state index is 0.0392. The molecule has 64 valence electrons. The lowest BCUT2D eigenvalue weighted by Gasteiger charge is -1.98. The van der Waals surface area contributed by atoms with Gasteiger partial charge in [-0.2, -0.15) is 12.6 Å². The summed E-state index contributed by atoms with van der Waals surface area (Å²) in [6, 6.07) is 3.86. The molecule has 0 fully saturated rings. The molecule has 12 heavy (non-hydrogen) atoms. The van der Waals surface area contributed by atoms with Crippen LogP contribution in [-0.2, 0) is 0 Å². The highest BCUT2D eigenvalue weighted by atomic mass is 35.5. The SMILES string of the molecule is O=C(CS)c1ccc(F)c(Cl)c1. The van der Waals surface area contributed by atoms with Crippen LogP contribution in [0.3, 0.4) is 0 Å². The molecule has 0 aliphatic carbocycles. The second-order valence-electron chi connectivity index (χ2n) is 2.21. The zero-order valence-electron chi connectivity index (χ0n) is 6.05. The van der Waals surface area contributed by atoms with Crippen LogP contribution in [0.15, 0.2) is 18.2 Å². The second kappa shape index (κ2) is 3.92. The van der Waals surface area contributed by atoms with Gasteiger partial charge in [0.05, 0.1) is 10.8 Å². The molecule has 1 rings (SSSR count). The fourth-order valence-electron chi connectivity index (χ4n) is 0.761. The number of hydrogen-bond acceptors (Lipinski definition) is 2. The molecule has 1 aromatic rings. The molecule has 0 radical (unpaired) electrons. The summed E-state index contributed by atoms with van der Waals surface area (Å²) in [5, 5.41) is -0.0392. The predicted molar refractivity (Wildman–Crippen MR) is 49.6 cm³/mol. The van der Waals surface area contributed by atoms with Crippen LogP contribution in [0.1, 0.15) is 10.4 Å². The zero-order chi connectivity index (χ0) is 9.14. The molecule has 0 saturated heterocycles. The van der Waals surface area contributed by atoms with E-state index in [4.69, 9.17) is 11.6 Å². The fraction of sp³-hybridized carbons (Fsp3) is 0.125. The van der Waals surface area contributed by atoms with Crippen molar-refractivity contribution in [2.45, 2.75) is 0 Å². The van der Waals surface area contributed by atoms with Crippen molar-refractivity contribution in [1.29, 1.82) is 0 Å². The second-order valence-corrected chi connectivity index (χ2v) is 2.93. The molecule has 0 N–H and O–H groups in total. The molecular weight excluding hydrogens is 199 g/mol. The highest BCUT2D eigenvalue weighted by Crippen LogP contribution is 2.16. The van der Waals surface area contributed by atoms with Gasteiger partial charge in [-0.1, -0.05) is 11.6 Å². The number of ketones is 1. The Morgan fingerprint density at radius 3 is 2.75 bits per heavy atom. The Balaban J connectivity index is 3.05. The van der Waals surface area contributed by atoms with Crippen molar-refractivity contribution < 1.29 is 9.18 Å². The fourth-order valence-corrected chi connectivity index (χ4v) is 1.12. The number of benzene rings is 1. The minimum Gasteiger partial charge on any atom is -0.293 e. The van der Waals surface area contributed by atoms with Gasteiger partial charge in [-0.25, -0.2) is 4.39 Å². The van der Waals surface area contributed by atoms with E-state index in [1.165, 1.54) is 18.2 Å². The highest BCUT2D eigenvalue weighted by molar-refractivity contribution is 7.81. The summed E-state index contributed by atoms with van der Waals surface area (Å²) >= 11 is 9.26. The zero-order valence-corrected chi connectivity index (χ0v) is 7.70. The summed E-state index contributed by atoms with van der Waals surface area (Å²) in [6.07, 6.45) is 0. The molecule has 0 bridgehead atoms. The smallest absolute Gasteiger partial charge is 0.172 e. The average Bonchev–Trinajstić information content (AvgIpc) is 2.08. The number of carbonyl (C=O) groups excluding carboxylic acids is 1. The van der Waals surface area contributed by atoms with Crippen molar-refractivity contribution in [3.63, 3.8) is 0 Å². The van der Waals surface area contributed by atoms with Crippen LogP contribution in [0.5, 0.6) is 0 Å². The summed E-state index contributed by atoms with van der Waals surface area (Å²) in [5.74, 6) is -0.588. The van der Waals surface area contributed by atoms with Crippen LogP contribution in [-0.4, -0.2) is 11.5 Å². The molecule has 1 nitrogen and oxygen atoms in total. The van der Waals surface area contributed by atoms with Gasteiger partial charge in [0.2, 0.25) is 0 Å². The molecule has 0 aliphatic heterocycles. The number of thiol groups is 1. The number of rotatable bonds is 2. The first-order valence-corrected chi connectivity index (χ1v) is 4.25. The third-order valence-corrected chi connectivity index (χ3v) is 1.96. The van der Waals surface area contributed by atoms with Gasteiger partial charge < -0.3 is 0 Å². The predicted octanol–water partition coefficient (Wildman–Crippen LogP) is 2.59. The maximum atomic E-state index is 12.6. The Labute approximate surface area is 79.9 Å². The monoisotopic (exact) mass is 204 g/mol. The summed E-state index contributed by atoms with van der Waals surface area (Å²) < 4.78 is 12.6. The molecule has 0 aliphatic rings. The highest BCUT2D eigenvalue weighted by Gasteiger charge is 2.06. The van der Waals surface area contributed by atoms with E-state index in [9.17, 15) is 9.18 Å². The van der Waals surface area contributed by atoms with Crippen LogP contribution in [0.4, 0.5) is 4.39 Å². The topological polar surface area (TPSA) is 17.1 Å². The molecule has 0 spiro atoms. The van der Waals surface area contributed by atoms with Crippen molar-refractivity contribution in [3.05, 3.63) is 34.6 Å². The maximum absolute atomic E-state index is 12.6. The molecule has 0 aromatic heterocycles. The molecule has 0 heterocycles. The molecule has 4 heteroatoms. The first-order chi connectivity index (χ1) is 5.65. The van der Waals surface area contributed by atoms with E-state index >= 15 is 0 Å². The van der Waals surface area contributed by atoms with E-state index in [0.29, 0.717) is 5.56 Å². The van der Waals surface area contributed by atoms with Gasteiger partial charge >= 0.3 is 0 Å². The van der Waals surface area contributed by atoms with Crippen molar-refractivity contribution >= 4 is 30.0 Å². The third kappa shape index (κ3) is 1.99. The lowest BCUT2D eigenvalue weighted by Crippen LogP contribution is -2.00. The van der Waals surface area contributed by atoms with Crippen LogP contribution in [0.2, 0.25) is 5.02 Å². The van der Waals surface area contributed by atoms with Gasteiger partial charge in [-0.3, -0.25) is 4.79 Å². The summed E-state index contributed by atoms with van der Waals surface area (Å²) in [4.78, 5) is 11.0. The lowest BCUT2D eigenvalue weighted by atomic mass is 10.1. The Bertz CT molecular complexity index is 314. The minimum atomic E-state index is -0.521. The number of carbonyl (C=O) groups is 1. The Morgan fingerprint density at radius 1 is 1.58 bits per heavy atom. The first-order valence-electron chi connectivity index (χ1n) is 3.24. The van der Waals surface area contributed by atoms with E-state index < -0.39 is 5.82 Å². The van der Waals surface area contributed by atoms with E-state index in [2.05, 4.69) is 12.6 Å². The van der Waals surface area contributed by atoms with Gasteiger partial charge in [0.15, 0.2) is 5.78 Å². The molecular formula is C8H6ClFOS. The molecule has 0 unspecified atom stereocenters. The Hall–Kier alpha value is -0.540. The average molecular weight is 205 g/mol. The quantitative estimate of drug-likeness (QED) is 0.579. The van der Waals surface area contributed by atoms with E-state index in [1.54, 1.807) is 0 Å². The third-order valence-electron chi connectivity index (χ3n) is 1.39. The largest absolute Gasteiger partial charge is 0.293 e. The normalized spacial score (nSPS) is 9.92. The summed E-state index contributed by atoms with van der Waals surface area (Å²) in [5.41, 5.74) is 0.386. The van der Waals surface area contributed by atoms with Crippen molar-refractivity contribution in [3.8, 4) is 0 Å². The van der Waals surface area contributed by atoms with Gasteiger partial charge in [-0.15, -0.1) is 0 Å². The van der Waals surface area contributed by atoms with Crippen molar-refractivity contribution in [2.75, 3.05) is 5.75 Å². The van der Waals surface area contributed by atoms with E-state index in [-0.39, 0.29) is 16.6 Å². The molecule has 1 aromatic carbocycles. The summed E-state index contributed by atoms with van der Waals surface area (Å²) in [6.45, 7) is 0. The summed E-state index contributed by atoms with van der Waals surface area (Å²) in [7, 11) is 0. The number of hydrogen-bond donors (Lipinski definition) is 1. The molecule has 0 saturated carbocycles. The number of halogens is 2. The first kappa shape index (κ1) is 9.55. The van der Waals surface area contributed by atoms with Gasteiger partial charge in [0.25, 0.3) is 0 Å². The van der Waals surface area contributed by atoms with Gasteiger partial charge in [0, 0.05) is 5.56 Å². The van der Waals surface area contributed by atoms with E-state index in [0.717, 1.165) is 0 Å². The lowest BCUT2D eigenvalue weighted by molar-refractivity contribution is 0.102. The van der Waals surface area contributed by atoms with Crippen molar-refractivity contribution in [1.82, 2.24) is 0 Å². The molecule has 0 atom stereocenters.